The van der Waals surface area contributed by atoms with Gasteiger partial charge in [-0.25, -0.2) is 4.21 Å². The van der Waals surface area contributed by atoms with E-state index in [0.29, 0.717) is 41.5 Å². The molecule has 2 aromatic heterocycles. The first-order valence-corrected chi connectivity index (χ1v) is 19.8. The first kappa shape index (κ1) is 35.3. The smallest absolute Gasteiger partial charge is 0.320 e. The van der Waals surface area contributed by atoms with Crippen LogP contribution in [0.1, 0.15) is 67.9 Å². The number of methoxy groups -OCH3 is 1. The van der Waals surface area contributed by atoms with Gasteiger partial charge in [0.05, 0.1) is 30.5 Å². The third-order valence-electron chi connectivity index (χ3n) is 10.6. The van der Waals surface area contributed by atoms with E-state index in [9.17, 15) is 9.00 Å². The molecule has 7 rings (SSSR count). The topological polar surface area (TPSA) is 124 Å². The van der Waals surface area contributed by atoms with Crippen LogP contribution in [-0.4, -0.2) is 62.4 Å². The number of aromatic nitrogens is 4. The summed E-state index contributed by atoms with van der Waals surface area (Å²) < 4.78 is 35.9. The van der Waals surface area contributed by atoms with Crippen LogP contribution in [-0.2, 0) is 28.8 Å². The molecule has 1 aliphatic carbocycles. The highest BCUT2D eigenvalue weighted by Crippen LogP contribution is 2.45. The van der Waals surface area contributed by atoms with Crippen molar-refractivity contribution in [2.45, 2.75) is 58.3 Å². The molecule has 0 saturated carbocycles. The van der Waals surface area contributed by atoms with Gasteiger partial charge in [0, 0.05) is 42.3 Å². The van der Waals surface area contributed by atoms with Crippen LogP contribution in [0.4, 0.5) is 11.5 Å². The molecule has 2 aromatic carbocycles. The van der Waals surface area contributed by atoms with Crippen LogP contribution in [0.5, 0.6) is 11.8 Å². The van der Waals surface area contributed by atoms with Crippen LogP contribution in [0.25, 0.3) is 11.0 Å². The van der Waals surface area contributed by atoms with E-state index in [4.69, 9.17) is 21.1 Å². The van der Waals surface area contributed by atoms with E-state index < -0.39 is 15.8 Å². The number of carbonyl (C=O) groups is 1. The molecule has 11 nitrogen and oxygen atoms in total. The number of halogens is 1. The minimum atomic E-state index is -3.39. The number of ether oxygens (including phenoxy) is 2. The lowest BCUT2D eigenvalue weighted by Gasteiger charge is -2.41. The summed E-state index contributed by atoms with van der Waals surface area (Å²) in [6.07, 6.45) is 10.8. The Kier molecular flexibility index (Phi) is 9.75. The van der Waals surface area contributed by atoms with Crippen LogP contribution in [0.15, 0.2) is 59.1 Å². The Morgan fingerprint density at radius 3 is 2.73 bits per heavy atom. The molecular formula is C38H46ClN7O4S. The number of fused-ring (bicyclic) bond motifs is 4. The summed E-state index contributed by atoms with van der Waals surface area (Å²) in [4.78, 5) is 25.3. The number of anilines is 2. The van der Waals surface area contributed by atoms with Crippen molar-refractivity contribution in [1.29, 1.82) is 0 Å². The number of nitrogens with one attached hydrogen (secondary N) is 1. The number of allylic oxidation sites excluding steroid dienone is 2. The van der Waals surface area contributed by atoms with Crippen molar-refractivity contribution in [2.75, 3.05) is 42.2 Å². The van der Waals surface area contributed by atoms with E-state index in [2.05, 4.69) is 67.2 Å². The molecule has 2 aliphatic heterocycles. The molecule has 1 N–H and O–H groups in total. The highest BCUT2D eigenvalue weighted by Gasteiger charge is 2.42. The van der Waals surface area contributed by atoms with Crippen LogP contribution in [0, 0.1) is 17.8 Å². The molecule has 270 valence electrons. The van der Waals surface area contributed by atoms with Gasteiger partial charge in [-0.1, -0.05) is 50.6 Å². The largest absolute Gasteiger partial charge is 0.490 e. The van der Waals surface area contributed by atoms with Crippen molar-refractivity contribution < 1.29 is 18.5 Å². The van der Waals surface area contributed by atoms with Gasteiger partial charge in [0.2, 0.25) is 0 Å². The van der Waals surface area contributed by atoms with Gasteiger partial charge < -0.3 is 14.4 Å². The van der Waals surface area contributed by atoms with Gasteiger partial charge in [-0.05, 0) is 91.3 Å². The Balaban J connectivity index is 1.32. The molecule has 5 atom stereocenters. The van der Waals surface area contributed by atoms with Gasteiger partial charge in [0.1, 0.15) is 15.7 Å². The summed E-state index contributed by atoms with van der Waals surface area (Å²) >= 11 is 6.46. The second kappa shape index (κ2) is 14.1. The Labute approximate surface area is 305 Å². The highest BCUT2D eigenvalue weighted by atomic mass is 35.5. The molecular weight excluding hydrogens is 686 g/mol. The zero-order chi connectivity index (χ0) is 35.9. The number of nitrogens with zero attached hydrogens (tertiary/aromatic N) is 6. The number of benzene rings is 2. The number of hydrogen-bond donors (Lipinski definition) is 1. The van der Waals surface area contributed by atoms with E-state index in [1.165, 1.54) is 18.2 Å². The minimum absolute atomic E-state index is 0.0491. The zero-order valence-corrected chi connectivity index (χ0v) is 31.5. The summed E-state index contributed by atoms with van der Waals surface area (Å²) in [5, 5.41) is 5.68. The normalized spacial score (nSPS) is 27.6. The van der Waals surface area contributed by atoms with Gasteiger partial charge in [0.25, 0.3) is 5.91 Å². The molecule has 2 bridgehead atoms. The molecule has 0 saturated heterocycles. The van der Waals surface area contributed by atoms with E-state index in [0.717, 1.165) is 55.2 Å². The average molecular weight is 732 g/mol. The molecule has 51 heavy (non-hydrogen) atoms. The molecule has 4 aromatic rings. The maximum atomic E-state index is 14.8. The molecule has 3 aliphatic rings. The summed E-state index contributed by atoms with van der Waals surface area (Å²) in [5.74, 6) is 1.23. The number of amides is 1. The fourth-order valence-electron chi connectivity index (χ4n) is 7.71. The van der Waals surface area contributed by atoms with Crippen molar-refractivity contribution in [3.63, 3.8) is 0 Å². The van der Waals surface area contributed by atoms with Crippen LogP contribution < -0.4 is 19.1 Å². The lowest BCUT2D eigenvalue weighted by atomic mass is 9.70. The monoisotopic (exact) mass is 731 g/mol. The SMILES string of the molecule is COc1nc(NS2(=O)=NC(=O)c3ccc4c(c3)N(C[C@H](C)[C@@H](C)C/C=C/C[C@H](C)C2)C[C@@]2(CCCc3cc(Cl)ccc32)CO4)c2cn(C)nc2n1. The summed E-state index contributed by atoms with van der Waals surface area (Å²) in [6.45, 7) is 8.68. The molecule has 1 amide bonds. The number of carbonyl (C=O) groups excluding carboxylic acids is 1. The van der Waals surface area contributed by atoms with Gasteiger partial charge in [0.15, 0.2) is 11.5 Å². The predicted molar refractivity (Wildman–Crippen MR) is 202 cm³/mol. The van der Waals surface area contributed by atoms with Crippen LogP contribution >= 0.6 is 11.6 Å². The molecule has 0 fully saturated rings. The van der Waals surface area contributed by atoms with E-state index in [1.54, 1.807) is 24.0 Å². The minimum Gasteiger partial charge on any atom is -0.490 e. The maximum Gasteiger partial charge on any atom is 0.320 e. The molecule has 0 radical (unpaired) electrons. The zero-order valence-electron chi connectivity index (χ0n) is 29.9. The maximum absolute atomic E-state index is 14.8. The van der Waals surface area contributed by atoms with Gasteiger partial charge in [-0.15, -0.1) is 4.36 Å². The van der Waals surface area contributed by atoms with E-state index in [-0.39, 0.29) is 28.9 Å². The fraction of sp³-hybridized carbons (Fsp3) is 0.474. The molecule has 1 unspecified atom stereocenters. The lowest BCUT2D eigenvalue weighted by Crippen LogP contribution is -2.47. The van der Waals surface area contributed by atoms with Crippen molar-refractivity contribution in [1.82, 2.24) is 19.7 Å². The molecule has 4 heterocycles. The molecule has 13 heteroatoms. The Hall–Kier alpha value is -4.16. The Morgan fingerprint density at radius 2 is 1.90 bits per heavy atom. The second-order valence-corrected chi connectivity index (χ2v) is 17.1. The standard InChI is InChI=1S/C38H46ClN7O4S/c1-24-9-6-7-10-25(2)26(3)19-46-22-38(16-8-11-27-17-29(39)13-14-31(27)38)23-50-33-15-12-28(18-32(33)46)36(47)44-51(48,21-24)43-35-30-20-45(4)42-34(30)40-37(41-35)49-5/h6-7,12-15,17-18,20,24-26H,8-11,16,19,21-23H2,1-5H3,(H,40,41,42,43,44,47,48)/b7-6+/t24-,25-,26-,38-,51?/m0/s1. The third kappa shape index (κ3) is 7.30. The highest BCUT2D eigenvalue weighted by molar-refractivity contribution is 7.95. The van der Waals surface area contributed by atoms with Crippen molar-refractivity contribution in [2.24, 2.45) is 29.2 Å². The Morgan fingerprint density at radius 1 is 1.08 bits per heavy atom. The van der Waals surface area contributed by atoms with Crippen molar-refractivity contribution in [3.8, 4) is 11.8 Å². The van der Waals surface area contributed by atoms with E-state index >= 15 is 0 Å². The number of hydrogen-bond acceptors (Lipinski definition) is 8. The van der Waals surface area contributed by atoms with Crippen LogP contribution in [0.2, 0.25) is 5.02 Å². The van der Waals surface area contributed by atoms with Crippen molar-refractivity contribution in [3.05, 3.63) is 76.5 Å². The third-order valence-corrected chi connectivity index (χ3v) is 12.9. The molecule has 1 spiro atoms. The van der Waals surface area contributed by atoms with Gasteiger partial charge in [-0.2, -0.15) is 15.1 Å². The average Bonchev–Trinajstić information content (AvgIpc) is 3.41. The Bertz CT molecular complexity index is 2130. The van der Waals surface area contributed by atoms with Gasteiger partial charge >= 0.3 is 6.01 Å². The number of rotatable bonds is 3. The quantitative estimate of drug-likeness (QED) is 0.217. The first-order valence-electron chi connectivity index (χ1n) is 17.7. The summed E-state index contributed by atoms with van der Waals surface area (Å²) in [7, 11) is -0.167. The lowest BCUT2D eigenvalue weighted by molar-refractivity contribution is 0.100. The van der Waals surface area contributed by atoms with Crippen molar-refractivity contribution >= 4 is 50.0 Å². The summed E-state index contributed by atoms with van der Waals surface area (Å²) in [5.41, 5.74) is 3.90. The van der Waals surface area contributed by atoms with E-state index in [1.807, 2.05) is 25.1 Å². The second-order valence-electron chi connectivity index (χ2n) is 14.7. The summed E-state index contributed by atoms with van der Waals surface area (Å²) in [6, 6.07) is 11.8. The first-order chi connectivity index (χ1) is 24.4. The number of aryl methyl sites for hydroxylation is 2. The van der Waals surface area contributed by atoms with Crippen LogP contribution in [0.3, 0.4) is 0 Å². The fourth-order valence-corrected chi connectivity index (χ4v) is 9.84. The van der Waals surface area contributed by atoms with Gasteiger partial charge in [-0.3, -0.25) is 14.2 Å². The predicted octanol–water partition coefficient (Wildman–Crippen LogP) is 7.39.